The number of hydrogen-bond donors (Lipinski definition) is 1. The van der Waals surface area contributed by atoms with Crippen molar-refractivity contribution >= 4 is 6.09 Å². The minimum Gasteiger partial charge on any atom is -0.439 e. The summed E-state index contributed by atoms with van der Waals surface area (Å²) in [6.07, 6.45) is 0.398. The Balaban J connectivity index is 1.64. The zero-order valence-corrected chi connectivity index (χ0v) is 14.1. The number of aromatic nitrogens is 1. The highest BCUT2D eigenvalue weighted by Gasteiger charge is 2.44. The number of ether oxygens (including phenoxy) is 1. The predicted octanol–water partition coefficient (Wildman–Crippen LogP) is 4.12. The van der Waals surface area contributed by atoms with Crippen LogP contribution in [0.1, 0.15) is 34.4 Å². The lowest BCUT2D eigenvalue weighted by molar-refractivity contribution is 0.129. The third-order valence-corrected chi connectivity index (χ3v) is 4.78. The molecule has 1 aliphatic heterocycles. The number of fused-ring (bicyclic) bond motifs is 6. The summed E-state index contributed by atoms with van der Waals surface area (Å²) < 4.78 is 19.8. The van der Waals surface area contributed by atoms with Crippen LogP contribution >= 0.6 is 0 Å². The fourth-order valence-electron chi connectivity index (χ4n) is 3.60. The van der Waals surface area contributed by atoms with Gasteiger partial charge in [-0.25, -0.2) is 9.18 Å². The van der Waals surface area contributed by atoms with Gasteiger partial charge < -0.3 is 10.1 Å². The molecule has 0 bridgehead atoms. The van der Waals surface area contributed by atoms with Crippen molar-refractivity contribution in [3.63, 3.8) is 0 Å². The smallest absolute Gasteiger partial charge is 0.408 e. The Bertz CT molecular complexity index is 1130. The second-order valence-electron chi connectivity index (χ2n) is 6.43. The van der Waals surface area contributed by atoms with Crippen molar-refractivity contribution in [2.45, 2.75) is 12.1 Å². The summed E-state index contributed by atoms with van der Waals surface area (Å²) in [7, 11) is 0. The van der Waals surface area contributed by atoms with Crippen LogP contribution in [0.4, 0.5) is 9.18 Å². The molecule has 130 valence electrons. The molecule has 2 aromatic carbocycles. The number of hydrogen-bond acceptors (Lipinski definition) is 3. The molecule has 5 heteroatoms. The maximum absolute atomic E-state index is 14.4. The van der Waals surface area contributed by atoms with Gasteiger partial charge in [0.1, 0.15) is 11.9 Å². The van der Waals surface area contributed by atoms with Crippen LogP contribution in [0.25, 0.3) is 11.3 Å². The lowest BCUT2D eigenvalue weighted by Gasteiger charge is -2.27. The van der Waals surface area contributed by atoms with E-state index in [1.807, 2.05) is 36.4 Å². The minimum atomic E-state index is -0.708. The number of nitrogens with one attached hydrogen (secondary N) is 1. The maximum atomic E-state index is 14.4. The summed E-state index contributed by atoms with van der Waals surface area (Å²) in [6, 6.07) is 15.8. The number of carbonyl (C=O) groups excluding carboxylic acids is 1. The van der Waals surface area contributed by atoms with Crippen LogP contribution in [0.15, 0.2) is 60.8 Å². The van der Waals surface area contributed by atoms with Gasteiger partial charge in [0, 0.05) is 34.0 Å². The molecule has 1 amide bonds. The van der Waals surface area contributed by atoms with E-state index in [9.17, 15) is 9.18 Å². The van der Waals surface area contributed by atoms with Gasteiger partial charge >= 0.3 is 6.09 Å². The Hall–Kier alpha value is -3.65. The molecule has 1 N–H and O–H groups in total. The van der Waals surface area contributed by atoms with Crippen LogP contribution in [-0.4, -0.2) is 11.1 Å². The first kappa shape index (κ1) is 15.6. The van der Waals surface area contributed by atoms with Crippen molar-refractivity contribution in [3.05, 3.63) is 88.9 Å². The first-order valence-corrected chi connectivity index (χ1v) is 8.53. The van der Waals surface area contributed by atoms with E-state index in [1.165, 1.54) is 6.07 Å². The quantitative estimate of drug-likeness (QED) is 0.617. The normalized spacial score (nSPS) is 18.9. The second-order valence-corrected chi connectivity index (χ2v) is 6.43. The molecule has 2 heterocycles. The second kappa shape index (κ2) is 5.96. The first-order chi connectivity index (χ1) is 13.2. The minimum absolute atomic E-state index is 0.365. The van der Waals surface area contributed by atoms with E-state index in [-0.39, 0.29) is 0 Å². The average molecular weight is 356 g/mol. The Morgan fingerprint density at radius 2 is 1.85 bits per heavy atom. The molecular weight excluding hydrogens is 343 g/mol. The SMILES string of the molecule is O=C1NC2c3cc(C#Cc4ccccc4)cnc3-c3cccc(F)c3C2O1. The van der Waals surface area contributed by atoms with Crippen molar-refractivity contribution in [2.24, 2.45) is 0 Å². The van der Waals surface area contributed by atoms with E-state index in [4.69, 9.17) is 4.74 Å². The molecule has 5 rings (SSSR count). The first-order valence-electron chi connectivity index (χ1n) is 8.53. The van der Waals surface area contributed by atoms with Gasteiger partial charge in [-0.2, -0.15) is 0 Å². The van der Waals surface area contributed by atoms with Gasteiger partial charge in [-0.1, -0.05) is 42.2 Å². The molecule has 0 saturated carbocycles. The molecule has 4 nitrogen and oxygen atoms in total. The number of rotatable bonds is 0. The van der Waals surface area contributed by atoms with Gasteiger partial charge in [0.25, 0.3) is 0 Å². The van der Waals surface area contributed by atoms with Crippen LogP contribution in [0.2, 0.25) is 0 Å². The Labute approximate surface area is 155 Å². The van der Waals surface area contributed by atoms with Crippen molar-refractivity contribution in [2.75, 3.05) is 0 Å². The topological polar surface area (TPSA) is 51.2 Å². The van der Waals surface area contributed by atoms with E-state index >= 15 is 0 Å². The van der Waals surface area contributed by atoms with Gasteiger partial charge in [0.15, 0.2) is 6.10 Å². The maximum Gasteiger partial charge on any atom is 0.408 e. The summed E-state index contributed by atoms with van der Waals surface area (Å²) >= 11 is 0. The Morgan fingerprint density at radius 1 is 1.04 bits per heavy atom. The lowest BCUT2D eigenvalue weighted by atomic mass is 9.83. The fourth-order valence-corrected chi connectivity index (χ4v) is 3.60. The molecular formula is C22H13FN2O2. The highest BCUT2D eigenvalue weighted by molar-refractivity contribution is 5.78. The molecule has 0 spiro atoms. The number of nitrogens with zero attached hydrogens (tertiary/aromatic N) is 1. The molecule has 1 saturated heterocycles. The molecule has 2 unspecified atom stereocenters. The van der Waals surface area contributed by atoms with E-state index in [0.717, 1.165) is 16.7 Å². The lowest BCUT2D eigenvalue weighted by Crippen LogP contribution is -2.24. The van der Waals surface area contributed by atoms with Gasteiger partial charge in [-0.15, -0.1) is 0 Å². The number of benzene rings is 2. The van der Waals surface area contributed by atoms with Crippen LogP contribution in [0.5, 0.6) is 0 Å². The molecule has 1 aromatic heterocycles. The van der Waals surface area contributed by atoms with Gasteiger partial charge in [-0.3, -0.25) is 4.98 Å². The highest BCUT2D eigenvalue weighted by atomic mass is 19.1. The van der Waals surface area contributed by atoms with Crippen molar-refractivity contribution in [1.29, 1.82) is 0 Å². The van der Waals surface area contributed by atoms with Gasteiger partial charge in [0.2, 0.25) is 0 Å². The average Bonchev–Trinajstić information content (AvgIpc) is 3.09. The number of alkyl carbamates (subject to hydrolysis) is 1. The van der Waals surface area contributed by atoms with Crippen LogP contribution in [0, 0.1) is 17.7 Å². The standard InChI is InChI=1S/C22H13FN2O2/c23-17-8-4-7-15-18(17)21-20(25-22(26)27-21)16-11-14(12-24-19(15)16)10-9-13-5-2-1-3-6-13/h1-8,11-12,20-21H,(H,25,26). The van der Waals surface area contributed by atoms with Gasteiger partial charge in [-0.05, 0) is 24.3 Å². The molecule has 1 fully saturated rings. The van der Waals surface area contributed by atoms with E-state index in [0.29, 0.717) is 16.8 Å². The fraction of sp³-hybridized carbons (Fsp3) is 0.0909. The van der Waals surface area contributed by atoms with Crippen molar-refractivity contribution in [3.8, 4) is 23.1 Å². The third kappa shape index (κ3) is 2.54. The van der Waals surface area contributed by atoms with Crippen LogP contribution < -0.4 is 5.32 Å². The number of carbonyl (C=O) groups is 1. The number of halogens is 1. The third-order valence-electron chi connectivity index (χ3n) is 4.78. The molecule has 0 radical (unpaired) electrons. The van der Waals surface area contributed by atoms with Gasteiger partial charge in [0.05, 0.1) is 5.69 Å². The summed E-state index contributed by atoms with van der Waals surface area (Å²) in [5, 5.41) is 2.77. The number of amides is 1. The summed E-state index contributed by atoms with van der Waals surface area (Å²) in [5.41, 5.74) is 4.05. The largest absolute Gasteiger partial charge is 0.439 e. The van der Waals surface area contributed by atoms with Crippen molar-refractivity contribution in [1.82, 2.24) is 10.3 Å². The Morgan fingerprint density at radius 3 is 2.70 bits per heavy atom. The predicted molar refractivity (Wildman–Crippen MR) is 97.2 cm³/mol. The highest BCUT2D eigenvalue weighted by Crippen LogP contribution is 2.48. The molecule has 2 aliphatic rings. The van der Waals surface area contributed by atoms with E-state index < -0.39 is 24.1 Å². The van der Waals surface area contributed by atoms with E-state index in [1.54, 1.807) is 18.3 Å². The monoisotopic (exact) mass is 356 g/mol. The van der Waals surface area contributed by atoms with E-state index in [2.05, 4.69) is 22.1 Å². The van der Waals surface area contributed by atoms with Crippen LogP contribution in [0.3, 0.4) is 0 Å². The molecule has 27 heavy (non-hydrogen) atoms. The summed E-state index contributed by atoms with van der Waals surface area (Å²) in [4.78, 5) is 16.4. The van der Waals surface area contributed by atoms with Crippen LogP contribution in [-0.2, 0) is 4.74 Å². The Kier molecular flexibility index (Phi) is 3.44. The molecule has 3 aromatic rings. The molecule has 1 aliphatic carbocycles. The molecule has 2 atom stereocenters. The van der Waals surface area contributed by atoms with Crippen molar-refractivity contribution < 1.29 is 13.9 Å². The zero-order chi connectivity index (χ0) is 18.4. The zero-order valence-electron chi connectivity index (χ0n) is 14.1. The summed E-state index contributed by atoms with van der Waals surface area (Å²) in [6.45, 7) is 0. The summed E-state index contributed by atoms with van der Waals surface area (Å²) in [5.74, 6) is 5.79. The number of pyridine rings is 1.